The van der Waals surface area contributed by atoms with Gasteiger partial charge in [-0.25, -0.2) is 4.39 Å². The van der Waals surface area contributed by atoms with Crippen LogP contribution in [0.1, 0.15) is 58.2 Å². The number of benzene rings is 2. The third kappa shape index (κ3) is 4.54. The Morgan fingerprint density at radius 1 is 1.06 bits per heavy atom. The van der Waals surface area contributed by atoms with Crippen LogP contribution in [0, 0.1) is 5.82 Å². The highest BCUT2D eigenvalue weighted by Gasteiger charge is 2.26. The van der Waals surface area contributed by atoms with Crippen LogP contribution in [-0.2, 0) is 12.8 Å². The van der Waals surface area contributed by atoms with E-state index in [0.29, 0.717) is 42.6 Å². The summed E-state index contributed by atoms with van der Waals surface area (Å²) in [4.78, 5) is 38.9. The predicted molar refractivity (Wildman–Crippen MR) is 121 cm³/mol. The molecule has 5 nitrogen and oxygen atoms in total. The van der Waals surface area contributed by atoms with Crippen molar-refractivity contribution in [1.29, 1.82) is 0 Å². The Morgan fingerprint density at radius 2 is 1.78 bits per heavy atom. The summed E-state index contributed by atoms with van der Waals surface area (Å²) in [6.45, 7) is 1.89. The molecule has 0 radical (unpaired) electrons. The number of amides is 1. The van der Waals surface area contributed by atoms with E-state index >= 15 is 0 Å². The molecule has 1 heterocycles. The van der Waals surface area contributed by atoms with Crippen molar-refractivity contribution in [2.75, 3.05) is 0 Å². The molecular formula is C26H25FN2O3. The largest absolute Gasteiger partial charge is 0.349 e. The van der Waals surface area contributed by atoms with Crippen LogP contribution in [0.2, 0.25) is 0 Å². The van der Waals surface area contributed by atoms with Crippen molar-refractivity contribution in [2.24, 2.45) is 0 Å². The van der Waals surface area contributed by atoms with Crippen LogP contribution in [0.3, 0.4) is 0 Å². The van der Waals surface area contributed by atoms with E-state index in [2.05, 4.69) is 5.32 Å². The molecule has 32 heavy (non-hydrogen) atoms. The van der Waals surface area contributed by atoms with E-state index < -0.39 is 17.3 Å². The second kappa shape index (κ2) is 9.30. The number of pyridine rings is 1. The average molecular weight is 432 g/mol. The molecule has 1 atom stereocenters. The van der Waals surface area contributed by atoms with Gasteiger partial charge in [0.25, 0.3) is 11.5 Å². The van der Waals surface area contributed by atoms with Gasteiger partial charge in [0.15, 0.2) is 5.78 Å². The zero-order valence-corrected chi connectivity index (χ0v) is 17.9. The summed E-state index contributed by atoms with van der Waals surface area (Å²) in [5.41, 5.74) is 2.00. The number of halogens is 1. The number of carbonyl (C=O) groups is 2. The molecule has 1 aromatic heterocycles. The summed E-state index contributed by atoms with van der Waals surface area (Å²) in [6.07, 6.45) is 3.07. The van der Waals surface area contributed by atoms with E-state index in [9.17, 15) is 18.8 Å². The lowest BCUT2D eigenvalue weighted by Crippen LogP contribution is -2.39. The summed E-state index contributed by atoms with van der Waals surface area (Å²) in [5.74, 6) is -1.02. The SMILES string of the molecule is C[C@H](CCc1ccccc1)NC(=O)c1cc2c(n(-c3ccc(F)cc3)c1=O)CCCC2=O. The van der Waals surface area contributed by atoms with Gasteiger partial charge >= 0.3 is 0 Å². The predicted octanol–water partition coefficient (Wildman–Crippen LogP) is 4.25. The Bertz CT molecular complexity index is 1200. The zero-order chi connectivity index (χ0) is 22.7. The molecule has 0 unspecified atom stereocenters. The maximum atomic E-state index is 13.4. The van der Waals surface area contributed by atoms with Gasteiger partial charge in [-0.15, -0.1) is 0 Å². The summed E-state index contributed by atoms with van der Waals surface area (Å²) in [6, 6.07) is 16.7. The third-order valence-corrected chi connectivity index (χ3v) is 5.84. The van der Waals surface area contributed by atoms with Gasteiger partial charge in [-0.3, -0.25) is 19.0 Å². The monoisotopic (exact) mass is 432 g/mol. The number of aryl methyl sites for hydroxylation is 1. The van der Waals surface area contributed by atoms with Crippen LogP contribution in [0.4, 0.5) is 4.39 Å². The van der Waals surface area contributed by atoms with Gasteiger partial charge in [0, 0.05) is 29.4 Å². The van der Waals surface area contributed by atoms with Gasteiger partial charge in [-0.2, -0.15) is 0 Å². The van der Waals surface area contributed by atoms with Gasteiger partial charge in [0.1, 0.15) is 11.4 Å². The molecule has 1 aliphatic rings. The van der Waals surface area contributed by atoms with Crippen molar-refractivity contribution in [1.82, 2.24) is 9.88 Å². The summed E-state index contributed by atoms with van der Waals surface area (Å²) in [7, 11) is 0. The quantitative estimate of drug-likeness (QED) is 0.633. The van der Waals surface area contributed by atoms with Crippen molar-refractivity contribution in [3.8, 4) is 5.69 Å². The van der Waals surface area contributed by atoms with Crippen LogP contribution >= 0.6 is 0 Å². The summed E-state index contributed by atoms with van der Waals surface area (Å²) < 4.78 is 14.8. The van der Waals surface area contributed by atoms with E-state index in [1.165, 1.54) is 40.5 Å². The molecule has 4 rings (SSSR count). The van der Waals surface area contributed by atoms with E-state index in [4.69, 9.17) is 0 Å². The van der Waals surface area contributed by atoms with Gasteiger partial charge in [-0.1, -0.05) is 30.3 Å². The first-order valence-corrected chi connectivity index (χ1v) is 10.9. The zero-order valence-electron chi connectivity index (χ0n) is 17.9. The smallest absolute Gasteiger partial charge is 0.268 e. The minimum atomic E-state index is -0.507. The second-order valence-electron chi connectivity index (χ2n) is 8.21. The molecule has 0 bridgehead atoms. The lowest BCUT2D eigenvalue weighted by molar-refractivity contribution is 0.0936. The molecule has 164 valence electrons. The molecule has 2 aromatic carbocycles. The minimum absolute atomic E-state index is 0.0742. The molecule has 1 N–H and O–H groups in total. The highest BCUT2D eigenvalue weighted by Crippen LogP contribution is 2.24. The van der Waals surface area contributed by atoms with Crippen LogP contribution in [0.15, 0.2) is 65.5 Å². The highest BCUT2D eigenvalue weighted by molar-refractivity contribution is 6.02. The number of Topliss-reactive ketones (excluding diaryl/α,β-unsaturated/α-hetero) is 1. The first-order chi connectivity index (χ1) is 15.4. The molecule has 0 saturated carbocycles. The van der Waals surface area contributed by atoms with Crippen LogP contribution in [0.5, 0.6) is 0 Å². The second-order valence-corrected chi connectivity index (χ2v) is 8.21. The first kappa shape index (κ1) is 21.7. The van der Waals surface area contributed by atoms with Crippen LogP contribution in [-0.4, -0.2) is 22.3 Å². The van der Waals surface area contributed by atoms with Gasteiger partial charge in [0.2, 0.25) is 0 Å². The van der Waals surface area contributed by atoms with Crippen LogP contribution < -0.4 is 10.9 Å². The lowest BCUT2D eigenvalue weighted by atomic mass is 9.92. The van der Waals surface area contributed by atoms with Gasteiger partial charge in [-0.05, 0) is 68.5 Å². The fourth-order valence-electron chi connectivity index (χ4n) is 4.12. The Hall–Kier alpha value is -3.54. The van der Waals surface area contributed by atoms with Crippen LogP contribution in [0.25, 0.3) is 5.69 Å². The number of hydrogen-bond acceptors (Lipinski definition) is 3. The number of carbonyl (C=O) groups excluding carboxylic acids is 2. The van der Waals surface area contributed by atoms with Crippen molar-refractivity contribution in [2.45, 2.75) is 45.1 Å². The summed E-state index contributed by atoms with van der Waals surface area (Å²) >= 11 is 0. The highest BCUT2D eigenvalue weighted by atomic mass is 19.1. The Kier molecular flexibility index (Phi) is 6.30. The van der Waals surface area contributed by atoms with Crippen molar-refractivity contribution in [3.63, 3.8) is 0 Å². The molecule has 0 saturated heterocycles. The third-order valence-electron chi connectivity index (χ3n) is 5.84. The maximum absolute atomic E-state index is 13.4. The number of ketones is 1. The summed E-state index contributed by atoms with van der Waals surface area (Å²) in [5, 5.41) is 2.89. The van der Waals surface area contributed by atoms with E-state index in [1.54, 1.807) is 0 Å². The van der Waals surface area contributed by atoms with E-state index in [-0.39, 0.29) is 17.4 Å². The number of aromatic nitrogens is 1. The topological polar surface area (TPSA) is 68.2 Å². The maximum Gasteiger partial charge on any atom is 0.268 e. The molecule has 0 fully saturated rings. The standard InChI is InChI=1S/C26H25FN2O3/c1-17(10-11-18-6-3-2-4-7-18)28-25(31)22-16-21-23(8-5-9-24(21)30)29(26(22)32)20-14-12-19(27)13-15-20/h2-4,6-7,12-17H,5,8-11H2,1H3,(H,28,31)/t17-/m1/s1. The van der Waals surface area contributed by atoms with Crippen molar-refractivity contribution < 1.29 is 14.0 Å². The number of fused-ring (bicyclic) bond motifs is 1. The molecular weight excluding hydrogens is 407 g/mol. The number of nitrogens with zero attached hydrogens (tertiary/aromatic N) is 1. The molecule has 3 aromatic rings. The van der Waals surface area contributed by atoms with E-state index in [1.807, 2.05) is 37.3 Å². The lowest BCUT2D eigenvalue weighted by Gasteiger charge is -2.22. The molecule has 6 heteroatoms. The number of nitrogens with one attached hydrogen (secondary N) is 1. The normalized spacial score (nSPS) is 14.0. The Labute approximate surface area is 185 Å². The minimum Gasteiger partial charge on any atom is -0.349 e. The van der Waals surface area contributed by atoms with E-state index in [0.717, 1.165) is 6.42 Å². The average Bonchev–Trinajstić information content (AvgIpc) is 2.79. The van der Waals surface area contributed by atoms with Crippen molar-refractivity contribution in [3.05, 3.63) is 99.2 Å². The fraction of sp³-hybridized carbons (Fsp3) is 0.269. The van der Waals surface area contributed by atoms with Crippen molar-refractivity contribution >= 4 is 11.7 Å². The molecule has 1 amide bonds. The number of hydrogen-bond donors (Lipinski definition) is 1. The Balaban J connectivity index is 1.64. The Morgan fingerprint density at radius 3 is 2.50 bits per heavy atom. The van der Waals surface area contributed by atoms with Gasteiger partial charge in [0.05, 0.1) is 0 Å². The van der Waals surface area contributed by atoms with Gasteiger partial charge < -0.3 is 5.32 Å². The number of rotatable bonds is 6. The molecule has 0 spiro atoms. The first-order valence-electron chi connectivity index (χ1n) is 10.9. The molecule has 1 aliphatic carbocycles. The molecule has 0 aliphatic heterocycles. The fourth-order valence-corrected chi connectivity index (χ4v) is 4.12.